The van der Waals surface area contributed by atoms with E-state index < -0.39 is 17.5 Å². The Bertz CT molecular complexity index is 1390. The second kappa shape index (κ2) is 11.0. The van der Waals surface area contributed by atoms with Gasteiger partial charge in [-0.25, -0.2) is 13.8 Å². The van der Waals surface area contributed by atoms with Gasteiger partial charge in [0.25, 0.3) is 5.91 Å². The Morgan fingerprint density at radius 3 is 2.47 bits per heavy atom. The highest BCUT2D eigenvalue weighted by Crippen LogP contribution is 2.35. The van der Waals surface area contributed by atoms with Crippen LogP contribution in [-0.4, -0.2) is 32.2 Å². The number of nitrogens with zero attached hydrogens (tertiary/aromatic N) is 1. The molecule has 0 aliphatic carbocycles. The first-order valence-corrected chi connectivity index (χ1v) is 11.5. The third kappa shape index (κ3) is 5.55. The zero-order valence-electron chi connectivity index (χ0n) is 19.6. The van der Waals surface area contributed by atoms with Gasteiger partial charge in [0, 0.05) is 22.6 Å². The monoisotopic (exact) mass is 512 g/mol. The van der Waals surface area contributed by atoms with E-state index in [0.717, 1.165) is 18.2 Å². The maximum Gasteiger partial charge on any atom is 0.275 e. The minimum Gasteiger partial charge on any atom is -0.497 e. The minimum absolute atomic E-state index is 0.0881. The Labute approximate surface area is 210 Å². The number of ether oxygens (including phenoxy) is 4. The molecular formula is C26H22F2N2O5S. The van der Waals surface area contributed by atoms with Gasteiger partial charge in [0.05, 0.1) is 27.0 Å². The number of rotatable bonds is 9. The first-order chi connectivity index (χ1) is 17.4. The van der Waals surface area contributed by atoms with Crippen LogP contribution in [0.2, 0.25) is 0 Å². The van der Waals surface area contributed by atoms with Crippen molar-refractivity contribution in [2.24, 2.45) is 0 Å². The average molecular weight is 513 g/mol. The summed E-state index contributed by atoms with van der Waals surface area (Å²) in [6.07, 6.45) is 0. The first kappa shape index (κ1) is 24.9. The zero-order valence-corrected chi connectivity index (χ0v) is 20.4. The highest BCUT2D eigenvalue weighted by Gasteiger charge is 2.16. The van der Waals surface area contributed by atoms with Gasteiger partial charge < -0.3 is 24.3 Å². The molecule has 4 aromatic rings. The molecule has 3 aromatic carbocycles. The Hall–Kier alpha value is -4.18. The highest BCUT2D eigenvalue weighted by atomic mass is 32.1. The summed E-state index contributed by atoms with van der Waals surface area (Å²) in [5.74, 6) is 0.281. The summed E-state index contributed by atoms with van der Waals surface area (Å²) < 4.78 is 48.9. The second-order valence-electron chi connectivity index (χ2n) is 7.45. The lowest BCUT2D eigenvalue weighted by Gasteiger charge is -2.12. The Morgan fingerprint density at radius 2 is 1.72 bits per heavy atom. The number of carbonyl (C=O) groups excluding carboxylic acids is 1. The van der Waals surface area contributed by atoms with Gasteiger partial charge in [-0.1, -0.05) is 0 Å². The van der Waals surface area contributed by atoms with Crippen LogP contribution in [0.3, 0.4) is 0 Å². The average Bonchev–Trinajstić information content (AvgIpc) is 3.40. The second-order valence-corrected chi connectivity index (χ2v) is 8.31. The number of methoxy groups -OCH3 is 3. The molecule has 1 N–H and O–H groups in total. The van der Waals surface area contributed by atoms with Crippen molar-refractivity contribution in [1.82, 2.24) is 4.98 Å². The van der Waals surface area contributed by atoms with Crippen molar-refractivity contribution < 1.29 is 32.5 Å². The normalized spacial score (nSPS) is 10.6. The smallest absolute Gasteiger partial charge is 0.275 e. The van der Waals surface area contributed by atoms with Crippen molar-refractivity contribution in [3.63, 3.8) is 0 Å². The van der Waals surface area contributed by atoms with Crippen molar-refractivity contribution in [1.29, 1.82) is 0 Å². The fourth-order valence-electron chi connectivity index (χ4n) is 3.33. The lowest BCUT2D eigenvalue weighted by molar-refractivity contribution is 0.102. The number of aromatic nitrogens is 1. The van der Waals surface area contributed by atoms with E-state index in [1.54, 1.807) is 48.9 Å². The molecule has 0 radical (unpaired) electrons. The molecule has 0 aliphatic rings. The fraction of sp³-hybridized carbons (Fsp3) is 0.154. The standard InChI is InChI=1S/C26H22F2N2O5S/c1-32-18-6-8-20(23(12-18)33-2)29-25(31)21-14-36-26(30-21)15-4-9-22(24(11-15)34-3)35-13-16-10-17(27)5-7-19(16)28/h4-12,14H,13H2,1-3H3,(H,29,31). The molecule has 1 aromatic heterocycles. The van der Waals surface area contributed by atoms with E-state index in [4.69, 9.17) is 18.9 Å². The van der Waals surface area contributed by atoms with Crippen LogP contribution in [0, 0.1) is 11.6 Å². The Balaban J connectivity index is 1.49. The molecule has 10 heteroatoms. The van der Waals surface area contributed by atoms with Crippen LogP contribution in [-0.2, 0) is 6.61 Å². The third-order valence-corrected chi connectivity index (χ3v) is 6.09. The minimum atomic E-state index is -0.562. The molecule has 36 heavy (non-hydrogen) atoms. The van der Waals surface area contributed by atoms with Crippen LogP contribution in [0.1, 0.15) is 16.1 Å². The predicted molar refractivity (Wildman–Crippen MR) is 132 cm³/mol. The summed E-state index contributed by atoms with van der Waals surface area (Å²) in [4.78, 5) is 17.2. The lowest BCUT2D eigenvalue weighted by Crippen LogP contribution is -2.13. The van der Waals surface area contributed by atoms with E-state index in [1.165, 1.54) is 25.6 Å². The van der Waals surface area contributed by atoms with Crippen LogP contribution in [0.5, 0.6) is 23.0 Å². The molecule has 0 atom stereocenters. The topological polar surface area (TPSA) is 78.9 Å². The van der Waals surface area contributed by atoms with Gasteiger partial charge in [-0.15, -0.1) is 11.3 Å². The van der Waals surface area contributed by atoms with Crippen LogP contribution < -0.4 is 24.3 Å². The number of carbonyl (C=O) groups is 1. The number of anilines is 1. The molecule has 4 rings (SSSR count). The van der Waals surface area contributed by atoms with Gasteiger partial charge in [0.1, 0.15) is 40.4 Å². The molecule has 0 saturated heterocycles. The number of nitrogens with one attached hydrogen (secondary N) is 1. The van der Waals surface area contributed by atoms with Crippen LogP contribution in [0.4, 0.5) is 14.5 Å². The van der Waals surface area contributed by atoms with E-state index in [-0.39, 0.29) is 17.9 Å². The molecule has 1 heterocycles. The molecular weight excluding hydrogens is 490 g/mol. The number of benzene rings is 3. The van der Waals surface area contributed by atoms with Crippen LogP contribution in [0.25, 0.3) is 10.6 Å². The molecule has 7 nitrogen and oxygen atoms in total. The Morgan fingerprint density at radius 1 is 0.917 bits per heavy atom. The molecule has 0 saturated carbocycles. The summed E-state index contributed by atoms with van der Waals surface area (Å²) in [6.45, 7) is -0.171. The summed E-state index contributed by atoms with van der Waals surface area (Å²) >= 11 is 1.29. The van der Waals surface area contributed by atoms with E-state index in [0.29, 0.717) is 39.3 Å². The summed E-state index contributed by atoms with van der Waals surface area (Å²) in [5.41, 5.74) is 1.50. The molecule has 0 spiro atoms. The van der Waals surface area contributed by atoms with Gasteiger partial charge >= 0.3 is 0 Å². The summed E-state index contributed by atoms with van der Waals surface area (Å²) in [5, 5.41) is 5.02. The van der Waals surface area contributed by atoms with Crippen molar-refractivity contribution in [2.45, 2.75) is 6.61 Å². The van der Waals surface area contributed by atoms with Gasteiger partial charge in [-0.05, 0) is 48.5 Å². The van der Waals surface area contributed by atoms with Gasteiger partial charge in [0.15, 0.2) is 11.5 Å². The van der Waals surface area contributed by atoms with Crippen LogP contribution in [0.15, 0.2) is 60.0 Å². The van der Waals surface area contributed by atoms with Crippen molar-refractivity contribution in [2.75, 3.05) is 26.6 Å². The fourth-order valence-corrected chi connectivity index (χ4v) is 4.13. The Kier molecular flexibility index (Phi) is 7.65. The molecule has 186 valence electrons. The maximum atomic E-state index is 13.9. The largest absolute Gasteiger partial charge is 0.497 e. The quantitative estimate of drug-likeness (QED) is 0.299. The zero-order chi connectivity index (χ0) is 25.7. The van der Waals surface area contributed by atoms with Crippen molar-refractivity contribution in [3.05, 3.63) is 82.9 Å². The number of hydrogen-bond donors (Lipinski definition) is 1. The third-order valence-electron chi connectivity index (χ3n) is 5.20. The lowest BCUT2D eigenvalue weighted by atomic mass is 10.2. The van der Waals surface area contributed by atoms with Crippen LogP contribution >= 0.6 is 11.3 Å². The summed E-state index contributed by atoms with van der Waals surface area (Å²) in [6, 6.07) is 13.3. The van der Waals surface area contributed by atoms with Crippen molar-refractivity contribution >= 4 is 22.9 Å². The molecule has 0 unspecified atom stereocenters. The first-order valence-electron chi connectivity index (χ1n) is 10.7. The number of thiazole rings is 1. The maximum absolute atomic E-state index is 13.9. The van der Waals surface area contributed by atoms with Gasteiger partial charge in [0.2, 0.25) is 0 Å². The van der Waals surface area contributed by atoms with E-state index in [1.807, 2.05) is 0 Å². The van der Waals surface area contributed by atoms with E-state index in [2.05, 4.69) is 10.3 Å². The molecule has 0 bridgehead atoms. The molecule has 1 amide bonds. The van der Waals surface area contributed by atoms with Crippen molar-refractivity contribution in [3.8, 4) is 33.6 Å². The van der Waals surface area contributed by atoms with Gasteiger partial charge in [-0.3, -0.25) is 4.79 Å². The summed E-state index contributed by atoms with van der Waals surface area (Å²) in [7, 11) is 4.51. The SMILES string of the molecule is COc1ccc(NC(=O)c2csc(-c3ccc(OCc4cc(F)ccc4F)c(OC)c3)n2)c(OC)c1. The van der Waals surface area contributed by atoms with Gasteiger partial charge in [-0.2, -0.15) is 0 Å². The highest BCUT2D eigenvalue weighted by molar-refractivity contribution is 7.13. The number of amides is 1. The number of hydrogen-bond acceptors (Lipinski definition) is 7. The molecule has 0 fully saturated rings. The van der Waals surface area contributed by atoms with E-state index in [9.17, 15) is 13.6 Å². The predicted octanol–water partition coefficient (Wildman–Crippen LogP) is 5.95. The molecule has 0 aliphatic heterocycles. The number of halogens is 2. The van der Waals surface area contributed by atoms with E-state index >= 15 is 0 Å².